The lowest BCUT2D eigenvalue weighted by molar-refractivity contribution is -0.137. The van der Waals surface area contributed by atoms with Gasteiger partial charge in [0.2, 0.25) is 0 Å². The van der Waals surface area contributed by atoms with E-state index in [4.69, 9.17) is 5.11 Å². The average Bonchev–Trinajstić information content (AvgIpc) is 2.62. The molecule has 0 spiro atoms. The van der Waals surface area contributed by atoms with Gasteiger partial charge >= 0.3 is 5.97 Å². The SMILES string of the molecule is CC(CC(=O)O)c1cnc2cc[nH]c2c1. The minimum absolute atomic E-state index is 0.0114. The van der Waals surface area contributed by atoms with Crippen LogP contribution >= 0.6 is 0 Å². The number of fused-ring (bicyclic) bond motifs is 1. The Labute approximate surface area is 87.0 Å². The zero-order valence-electron chi connectivity index (χ0n) is 8.40. The fraction of sp³-hybridized carbons (Fsp3) is 0.273. The molecule has 0 saturated heterocycles. The van der Waals surface area contributed by atoms with Crippen LogP contribution in [-0.2, 0) is 4.79 Å². The standard InChI is InChI=1S/C11H12N2O2/c1-7(4-11(14)15)8-5-10-9(13-6-8)2-3-12-10/h2-3,5-7,12H,4H2,1H3,(H,14,15). The molecule has 0 bridgehead atoms. The molecule has 2 rings (SSSR count). The van der Waals surface area contributed by atoms with Gasteiger partial charge in [0.05, 0.1) is 17.5 Å². The topological polar surface area (TPSA) is 66.0 Å². The van der Waals surface area contributed by atoms with Gasteiger partial charge in [-0.25, -0.2) is 0 Å². The number of nitrogens with one attached hydrogen (secondary N) is 1. The number of nitrogens with zero attached hydrogens (tertiary/aromatic N) is 1. The predicted octanol–water partition coefficient (Wildman–Crippen LogP) is 2.14. The number of carboxylic acids is 1. The number of carbonyl (C=O) groups is 1. The largest absolute Gasteiger partial charge is 0.481 e. The second-order valence-electron chi connectivity index (χ2n) is 3.68. The maximum Gasteiger partial charge on any atom is 0.303 e. The van der Waals surface area contributed by atoms with E-state index in [1.165, 1.54) is 0 Å². The smallest absolute Gasteiger partial charge is 0.303 e. The zero-order chi connectivity index (χ0) is 10.8. The first kappa shape index (κ1) is 9.71. The Morgan fingerprint density at radius 1 is 1.67 bits per heavy atom. The van der Waals surface area contributed by atoms with Crippen LogP contribution in [0.3, 0.4) is 0 Å². The van der Waals surface area contributed by atoms with Crippen LogP contribution in [0, 0.1) is 0 Å². The normalized spacial score (nSPS) is 12.9. The molecular weight excluding hydrogens is 192 g/mol. The van der Waals surface area contributed by atoms with Crippen molar-refractivity contribution in [2.45, 2.75) is 19.3 Å². The van der Waals surface area contributed by atoms with Gasteiger partial charge in [0.25, 0.3) is 0 Å². The fourth-order valence-corrected chi connectivity index (χ4v) is 1.60. The minimum Gasteiger partial charge on any atom is -0.481 e. The monoisotopic (exact) mass is 204 g/mol. The molecule has 1 atom stereocenters. The van der Waals surface area contributed by atoms with Gasteiger partial charge in [-0.15, -0.1) is 0 Å². The molecule has 2 aromatic rings. The summed E-state index contributed by atoms with van der Waals surface area (Å²) in [5.41, 5.74) is 2.80. The van der Waals surface area contributed by atoms with E-state index in [9.17, 15) is 4.79 Å². The summed E-state index contributed by atoms with van der Waals surface area (Å²) in [6.45, 7) is 1.89. The lowest BCUT2D eigenvalue weighted by Crippen LogP contribution is -2.03. The van der Waals surface area contributed by atoms with Crippen molar-refractivity contribution in [1.29, 1.82) is 0 Å². The third-order valence-corrected chi connectivity index (χ3v) is 2.47. The number of aliphatic carboxylic acids is 1. The summed E-state index contributed by atoms with van der Waals surface area (Å²) in [7, 11) is 0. The van der Waals surface area contributed by atoms with Crippen LogP contribution in [0.25, 0.3) is 11.0 Å². The summed E-state index contributed by atoms with van der Waals surface area (Å²) < 4.78 is 0. The summed E-state index contributed by atoms with van der Waals surface area (Å²) in [6, 6.07) is 3.84. The number of pyridine rings is 1. The number of hydrogen-bond acceptors (Lipinski definition) is 2. The number of hydrogen-bond donors (Lipinski definition) is 2. The first-order valence-corrected chi connectivity index (χ1v) is 4.81. The highest BCUT2D eigenvalue weighted by molar-refractivity contribution is 5.75. The molecule has 0 saturated carbocycles. The molecule has 2 N–H and O–H groups in total. The number of aromatic nitrogens is 2. The lowest BCUT2D eigenvalue weighted by Gasteiger charge is -2.08. The number of rotatable bonds is 3. The molecule has 2 aromatic heterocycles. The van der Waals surface area contributed by atoms with Crippen LogP contribution in [0.2, 0.25) is 0 Å². The first-order valence-electron chi connectivity index (χ1n) is 4.81. The van der Waals surface area contributed by atoms with E-state index in [0.29, 0.717) is 0 Å². The lowest BCUT2D eigenvalue weighted by atomic mass is 9.99. The number of aromatic amines is 1. The summed E-state index contributed by atoms with van der Waals surface area (Å²) in [6.07, 6.45) is 3.70. The number of H-pyrrole nitrogens is 1. The Morgan fingerprint density at radius 3 is 3.20 bits per heavy atom. The summed E-state index contributed by atoms with van der Waals surface area (Å²) >= 11 is 0. The van der Waals surface area contributed by atoms with E-state index in [0.717, 1.165) is 16.6 Å². The van der Waals surface area contributed by atoms with Gasteiger partial charge in [0.1, 0.15) is 0 Å². The Morgan fingerprint density at radius 2 is 2.47 bits per heavy atom. The van der Waals surface area contributed by atoms with Crippen molar-refractivity contribution >= 4 is 17.0 Å². The van der Waals surface area contributed by atoms with Crippen LogP contribution in [0.15, 0.2) is 24.5 Å². The van der Waals surface area contributed by atoms with Gasteiger partial charge in [0.15, 0.2) is 0 Å². The Hall–Kier alpha value is -1.84. The summed E-state index contributed by atoms with van der Waals surface area (Å²) in [4.78, 5) is 17.9. The predicted molar refractivity (Wildman–Crippen MR) is 56.8 cm³/mol. The molecule has 0 amide bonds. The van der Waals surface area contributed by atoms with E-state index < -0.39 is 5.97 Å². The third-order valence-electron chi connectivity index (χ3n) is 2.47. The maximum atomic E-state index is 10.6. The third kappa shape index (κ3) is 1.98. The second-order valence-corrected chi connectivity index (χ2v) is 3.68. The van der Waals surface area contributed by atoms with E-state index in [2.05, 4.69) is 9.97 Å². The van der Waals surface area contributed by atoms with Crippen LogP contribution in [-0.4, -0.2) is 21.0 Å². The molecule has 0 aromatic carbocycles. The highest BCUT2D eigenvalue weighted by Crippen LogP contribution is 2.21. The van der Waals surface area contributed by atoms with Gasteiger partial charge in [-0.1, -0.05) is 6.92 Å². The number of carboxylic acid groups (broad SMARTS) is 1. The van der Waals surface area contributed by atoms with E-state index >= 15 is 0 Å². The summed E-state index contributed by atoms with van der Waals surface area (Å²) in [5, 5.41) is 8.69. The highest BCUT2D eigenvalue weighted by atomic mass is 16.4. The van der Waals surface area contributed by atoms with Gasteiger partial charge in [-0.2, -0.15) is 0 Å². The van der Waals surface area contributed by atoms with Crippen LogP contribution < -0.4 is 0 Å². The van der Waals surface area contributed by atoms with E-state index in [1.807, 2.05) is 25.3 Å². The van der Waals surface area contributed by atoms with Crippen molar-refractivity contribution in [3.8, 4) is 0 Å². The maximum absolute atomic E-state index is 10.6. The molecule has 0 aliphatic carbocycles. The van der Waals surface area contributed by atoms with Gasteiger partial charge in [-0.05, 0) is 23.6 Å². The van der Waals surface area contributed by atoms with Crippen molar-refractivity contribution in [1.82, 2.24) is 9.97 Å². The minimum atomic E-state index is -0.783. The first-order chi connectivity index (χ1) is 7.16. The second kappa shape index (κ2) is 3.73. The highest BCUT2D eigenvalue weighted by Gasteiger charge is 2.11. The quantitative estimate of drug-likeness (QED) is 0.804. The molecule has 0 aliphatic heterocycles. The van der Waals surface area contributed by atoms with E-state index in [-0.39, 0.29) is 12.3 Å². The molecule has 1 unspecified atom stereocenters. The van der Waals surface area contributed by atoms with Gasteiger partial charge < -0.3 is 10.1 Å². The molecule has 2 heterocycles. The molecule has 0 radical (unpaired) electrons. The molecular formula is C11H12N2O2. The molecule has 78 valence electrons. The van der Waals surface area contributed by atoms with Gasteiger partial charge in [0, 0.05) is 12.4 Å². The molecule has 4 nitrogen and oxygen atoms in total. The van der Waals surface area contributed by atoms with Crippen molar-refractivity contribution in [2.24, 2.45) is 0 Å². The fourth-order valence-electron chi connectivity index (χ4n) is 1.60. The molecule has 0 aliphatic rings. The Bertz CT molecular complexity index is 490. The van der Waals surface area contributed by atoms with Crippen molar-refractivity contribution in [3.05, 3.63) is 30.1 Å². The molecule has 4 heteroatoms. The van der Waals surface area contributed by atoms with Gasteiger partial charge in [-0.3, -0.25) is 9.78 Å². The van der Waals surface area contributed by atoms with Crippen molar-refractivity contribution in [3.63, 3.8) is 0 Å². The molecule has 0 fully saturated rings. The van der Waals surface area contributed by atoms with Crippen molar-refractivity contribution in [2.75, 3.05) is 0 Å². The van der Waals surface area contributed by atoms with Crippen LogP contribution in [0.1, 0.15) is 24.8 Å². The van der Waals surface area contributed by atoms with Crippen molar-refractivity contribution < 1.29 is 9.90 Å². The van der Waals surface area contributed by atoms with Crippen LogP contribution in [0.5, 0.6) is 0 Å². The van der Waals surface area contributed by atoms with E-state index in [1.54, 1.807) is 6.20 Å². The average molecular weight is 204 g/mol. The summed E-state index contributed by atoms with van der Waals surface area (Å²) in [5.74, 6) is -0.795. The van der Waals surface area contributed by atoms with Crippen LogP contribution in [0.4, 0.5) is 0 Å². The Balaban J connectivity index is 2.30. The zero-order valence-corrected chi connectivity index (χ0v) is 8.40. The Kier molecular flexibility index (Phi) is 2.41. The molecule has 15 heavy (non-hydrogen) atoms.